The Balaban J connectivity index is 0.000000345. The van der Waals surface area contributed by atoms with Gasteiger partial charge in [-0.25, -0.2) is 4.79 Å². The van der Waals surface area contributed by atoms with Crippen LogP contribution in [0, 0.1) is 6.92 Å². The van der Waals surface area contributed by atoms with Crippen LogP contribution < -0.4 is 15.5 Å². The number of anilines is 3. The van der Waals surface area contributed by atoms with Crippen LogP contribution in [0.15, 0.2) is 34.9 Å². The first kappa shape index (κ1) is 21.1. The number of carbonyl (C=O) groups is 2. The standard InChI is InChI=1S/C15H18N4O2.C2HF3O2/c1-11-9-15(21-18-11)17-14(20)10-19-8-4-7-16-12-5-2-3-6-13(12)19;3-2(4,5)1(6)7/h2-3,5-6,9,16H,4,7-8,10H2,1H3,(H,17,20);(H,6,7). The summed E-state index contributed by atoms with van der Waals surface area (Å²) in [5, 5.41) is 17.0. The maximum Gasteiger partial charge on any atom is 0.490 e. The minimum Gasteiger partial charge on any atom is -0.475 e. The first-order chi connectivity index (χ1) is 13.2. The van der Waals surface area contributed by atoms with Crippen LogP contribution in [-0.4, -0.2) is 48.0 Å². The lowest BCUT2D eigenvalue weighted by Gasteiger charge is -2.23. The zero-order valence-electron chi connectivity index (χ0n) is 14.9. The van der Waals surface area contributed by atoms with E-state index in [2.05, 4.69) is 20.7 Å². The number of aromatic nitrogens is 1. The van der Waals surface area contributed by atoms with Crippen molar-refractivity contribution in [1.29, 1.82) is 0 Å². The van der Waals surface area contributed by atoms with Gasteiger partial charge in [0.25, 0.3) is 0 Å². The Bertz CT molecular complexity index is 823. The summed E-state index contributed by atoms with van der Waals surface area (Å²) in [4.78, 5) is 23.1. The largest absolute Gasteiger partial charge is 0.490 e. The van der Waals surface area contributed by atoms with Crippen LogP contribution in [0.4, 0.5) is 30.4 Å². The average molecular weight is 400 g/mol. The van der Waals surface area contributed by atoms with Gasteiger partial charge in [0.1, 0.15) is 0 Å². The number of carbonyl (C=O) groups excluding carboxylic acids is 1. The van der Waals surface area contributed by atoms with Crippen LogP contribution in [0.25, 0.3) is 0 Å². The maximum absolute atomic E-state index is 12.2. The fraction of sp³-hybridized carbons (Fsp3) is 0.353. The number of rotatable bonds is 3. The van der Waals surface area contributed by atoms with Gasteiger partial charge in [-0.2, -0.15) is 13.2 Å². The van der Waals surface area contributed by atoms with Crippen LogP contribution in [0.5, 0.6) is 0 Å². The number of carboxylic acid groups (broad SMARTS) is 1. The molecular weight excluding hydrogens is 381 g/mol. The molecule has 11 heteroatoms. The summed E-state index contributed by atoms with van der Waals surface area (Å²) in [7, 11) is 0. The normalized spacial score (nSPS) is 13.4. The summed E-state index contributed by atoms with van der Waals surface area (Å²) < 4.78 is 36.7. The Morgan fingerprint density at radius 3 is 2.64 bits per heavy atom. The molecule has 1 aromatic heterocycles. The first-order valence-corrected chi connectivity index (χ1v) is 8.28. The topological polar surface area (TPSA) is 108 Å². The van der Waals surface area contributed by atoms with Gasteiger partial charge < -0.3 is 19.8 Å². The smallest absolute Gasteiger partial charge is 0.475 e. The molecule has 1 amide bonds. The Kier molecular flexibility index (Phi) is 6.85. The molecule has 0 saturated heterocycles. The van der Waals surface area contributed by atoms with Gasteiger partial charge in [0.15, 0.2) is 0 Å². The number of hydrogen-bond acceptors (Lipinski definition) is 6. The molecule has 0 aliphatic carbocycles. The van der Waals surface area contributed by atoms with Gasteiger partial charge in [-0.05, 0) is 25.5 Å². The van der Waals surface area contributed by atoms with Crippen molar-refractivity contribution >= 4 is 29.1 Å². The maximum atomic E-state index is 12.2. The molecule has 0 spiro atoms. The van der Waals surface area contributed by atoms with Crippen LogP contribution >= 0.6 is 0 Å². The van der Waals surface area contributed by atoms with Gasteiger partial charge in [-0.15, -0.1) is 0 Å². The van der Waals surface area contributed by atoms with E-state index in [9.17, 15) is 18.0 Å². The predicted octanol–water partition coefficient (Wildman–Crippen LogP) is 2.88. The van der Waals surface area contributed by atoms with Crippen molar-refractivity contribution in [2.24, 2.45) is 0 Å². The third kappa shape index (κ3) is 6.18. The minimum absolute atomic E-state index is 0.108. The number of hydrogen-bond donors (Lipinski definition) is 3. The van der Waals surface area contributed by atoms with Crippen molar-refractivity contribution in [3.63, 3.8) is 0 Å². The molecule has 0 atom stereocenters. The molecule has 1 aromatic carbocycles. The molecule has 0 radical (unpaired) electrons. The lowest BCUT2D eigenvalue weighted by molar-refractivity contribution is -0.192. The van der Waals surface area contributed by atoms with Crippen molar-refractivity contribution in [1.82, 2.24) is 5.16 Å². The molecule has 1 aliphatic heterocycles. The summed E-state index contributed by atoms with van der Waals surface area (Å²) in [5.74, 6) is -2.48. The second kappa shape index (κ2) is 9.11. The monoisotopic (exact) mass is 400 g/mol. The number of fused-ring (bicyclic) bond motifs is 1. The summed E-state index contributed by atoms with van der Waals surface area (Å²) in [6.07, 6.45) is -4.09. The van der Waals surface area contributed by atoms with E-state index in [4.69, 9.17) is 14.4 Å². The number of carboxylic acids is 1. The average Bonchev–Trinajstić information content (AvgIpc) is 2.91. The van der Waals surface area contributed by atoms with E-state index in [0.29, 0.717) is 12.4 Å². The first-order valence-electron chi connectivity index (χ1n) is 8.28. The van der Waals surface area contributed by atoms with Crippen LogP contribution in [0.3, 0.4) is 0 Å². The van der Waals surface area contributed by atoms with E-state index < -0.39 is 12.1 Å². The second-order valence-corrected chi connectivity index (χ2v) is 5.90. The van der Waals surface area contributed by atoms with Crippen molar-refractivity contribution in [2.75, 3.05) is 35.2 Å². The molecule has 1 aliphatic rings. The third-order valence-electron chi connectivity index (χ3n) is 3.63. The third-order valence-corrected chi connectivity index (χ3v) is 3.63. The SMILES string of the molecule is Cc1cc(NC(=O)CN2CCCNc3ccccc32)on1.O=C(O)C(F)(F)F. The van der Waals surface area contributed by atoms with Crippen molar-refractivity contribution < 1.29 is 32.4 Å². The number of nitrogens with zero attached hydrogens (tertiary/aromatic N) is 2. The summed E-state index contributed by atoms with van der Waals surface area (Å²) in [5.41, 5.74) is 2.87. The van der Waals surface area contributed by atoms with E-state index in [1.807, 2.05) is 31.2 Å². The van der Waals surface area contributed by atoms with E-state index in [-0.39, 0.29) is 5.91 Å². The van der Waals surface area contributed by atoms with Crippen molar-refractivity contribution in [3.8, 4) is 0 Å². The number of aliphatic carboxylic acids is 1. The summed E-state index contributed by atoms with van der Waals surface area (Å²) >= 11 is 0. The second-order valence-electron chi connectivity index (χ2n) is 5.90. The Morgan fingerprint density at radius 2 is 2.04 bits per heavy atom. The molecular formula is C17H19F3N4O4. The molecule has 0 unspecified atom stereocenters. The van der Waals surface area contributed by atoms with Crippen molar-refractivity contribution in [3.05, 3.63) is 36.0 Å². The fourth-order valence-electron chi connectivity index (χ4n) is 2.45. The highest BCUT2D eigenvalue weighted by molar-refractivity contribution is 5.93. The molecule has 0 saturated carbocycles. The summed E-state index contributed by atoms with van der Waals surface area (Å²) in [6, 6.07) is 9.74. The molecule has 0 bridgehead atoms. The lowest BCUT2D eigenvalue weighted by Crippen LogP contribution is -2.33. The van der Waals surface area contributed by atoms with E-state index in [1.54, 1.807) is 6.07 Å². The van der Waals surface area contributed by atoms with Gasteiger partial charge in [-0.1, -0.05) is 17.3 Å². The number of aryl methyl sites for hydroxylation is 1. The van der Waals surface area contributed by atoms with E-state index in [0.717, 1.165) is 36.6 Å². The minimum atomic E-state index is -5.08. The van der Waals surface area contributed by atoms with E-state index >= 15 is 0 Å². The summed E-state index contributed by atoms with van der Waals surface area (Å²) in [6.45, 7) is 3.86. The van der Waals surface area contributed by atoms with Gasteiger partial charge in [0.2, 0.25) is 11.8 Å². The highest BCUT2D eigenvalue weighted by atomic mass is 19.4. The van der Waals surface area contributed by atoms with Gasteiger partial charge >= 0.3 is 12.1 Å². The molecule has 28 heavy (non-hydrogen) atoms. The quantitative estimate of drug-likeness (QED) is 0.727. The Morgan fingerprint density at radius 1 is 1.36 bits per heavy atom. The molecule has 0 fully saturated rings. The van der Waals surface area contributed by atoms with Gasteiger partial charge in [0.05, 0.1) is 23.6 Å². The fourth-order valence-corrected chi connectivity index (χ4v) is 2.45. The number of para-hydroxylation sites is 2. The Hall–Kier alpha value is -3.24. The molecule has 2 aromatic rings. The zero-order valence-corrected chi connectivity index (χ0v) is 14.9. The number of halogens is 3. The molecule has 8 nitrogen and oxygen atoms in total. The number of benzene rings is 1. The number of nitrogens with one attached hydrogen (secondary N) is 2. The van der Waals surface area contributed by atoms with Gasteiger partial charge in [-0.3, -0.25) is 10.1 Å². The molecule has 3 N–H and O–H groups in total. The predicted molar refractivity (Wildman–Crippen MR) is 95.3 cm³/mol. The molecule has 152 valence electrons. The zero-order chi connectivity index (χ0) is 20.7. The van der Waals surface area contributed by atoms with Gasteiger partial charge in [0, 0.05) is 19.2 Å². The van der Waals surface area contributed by atoms with E-state index in [1.165, 1.54) is 0 Å². The molecule has 2 heterocycles. The highest BCUT2D eigenvalue weighted by Crippen LogP contribution is 2.27. The highest BCUT2D eigenvalue weighted by Gasteiger charge is 2.38. The van der Waals surface area contributed by atoms with Crippen molar-refractivity contribution in [2.45, 2.75) is 19.5 Å². The number of alkyl halides is 3. The Labute approximate surface area is 158 Å². The van der Waals surface area contributed by atoms with Crippen LogP contribution in [-0.2, 0) is 9.59 Å². The molecule has 3 rings (SSSR count). The lowest BCUT2D eigenvalue weighted by atomic mass is 10.2. The number of amides is 1. The van der Waals surface area contributed by atoms with Crippen LogP contribution in [0.2, 0.25) is 0 Å². The van der Waals surface area contributed by atoms with Crippen LogP contribution in [0.1, 0.15) is 12.1 Å².